The lowest BCUT2D eigenvalue weighted by atomic mass is 10.0. The van der Waals surface area contributed by atoms with Gasteiger partial charge in [0.1, 0.15) is 5.60 Å². The van der Waals surface area contributed by atoms with E-state index < -0.39 is 32.3 Å². The minimum Gasteiger partial charge on any atom is -0.394 e. The second kappa shape index (κ2) is 7.36. The molecule has 0 aromatic heterocycles. The molecule has 0 aliphatic carbocycles. The lowest BCUT2D eigenvalue weighted by Gasteiger charge is -2.27. The monoisotopic (exact) mass is 369 g/mol. The molecule has 1 fully saturated rings. The molecule has 24 heavy (non-hydrogen) atoms. The van der Waals surface area contributed by atoms with E-state index in [-0.39, 0.29) is 26.4 Å². The van der Waals surface area contributed by atoms with Gasteiger partial charge < -0.3 is 14.6 Å². The lowest BCUT2D eigenvalue weighted by molar-refractivity contribution is -0.137. The molecule has 136 valence electrons. The van der Waals surface area contributed by atoms with Crippen LogP contribution < -0.4 is 4.72 Å². The van der Waals surface area contributed by atoms with Crippen molar-refractivity contribution in [3.05, 3.63) is 29.8 Å². The summed E-state index contributed by atoms with van der Waals surface area (Å²) in [5.41, 5.74) is -1.97. The molecule has 1 aliphatic heterocycles. The minimum absolute atomic E-state index is 0.00858. The molecule has 1 saturated heterocycles. The van der Waals surface area contributed by atoms with Gasteiger partial charge in [-0.15, -0.1) is 0 Å². The van der Waals surface area contributed by atoms with E-state index in [1.165, 1.54) is 0 Å². The van der Waals surface area contributed by atoms with Crippen molar-refractivity contribution in [2.45, 2.75) is 23.1 Å². The fourth-order valence-electron chi connectivity index (χ4n) is 2.30. The number of nitrogens with one attached hydrogen (secondary N) is 1. The fraction of sp³-hybridized carbons (Fsp3) is 0.571. The number of alkyl halides is 3. The van der Waals surface area contributed by atoms with Gasteiger partial charge in [0.25, 0.3) is 0 Å². The highest BCUT2D eigenvalue weighted by atomic mass is 32.2. The summed E-state index contributed by atoms with van der Waals surface area (Å²) in [6.07, 6.45) is -4.21. The van der Waals surface area contributed by atoms with Gasteiger partial charge in [-0.1, -0.05) is 6.07 Å². The number of hydrogen-bond acceptors (Lipinski definition) is 5. The molecule has 0 radical (unpaired) electrons. The first-order chi connectivity index (χ1) is 11.2. The molecule has 1 heterocycles. The van der Waals surface area contributed by atoms with Crippen molar-refractivity contribution in [2.75, 3.05) is 33.0 Å². The molecule has 1 aromatic carbocycles. The highest BCUT2D eigenvalue weighted by Gasteiger charge is 2.37. The molecular formula is C14H18F3NO5S. The van der Waals surface area contributed by atoms with Crippen LogP contribution in [0.3, 0.4) is 0 Å². The first-order valence-electron chi connectivity index (χ1n) is 7.18. The Morgan fingerprint density at radius 2 is 2.12 bits per heavy atom. The predicted octanol–water partition coefficient (Wildman–Crippen LogP) is 1.15. The van der Waals surface area contributed by atoms with E-state index in [9.17, 15) is 21.6 Å². The molecule has 6 nitrogen and oxygen atoms in total. The molecule has 1 aromatic rings. The molecule has 2 N–H and O–H groups in total. The summed E-state index contributed by atoms with van der Waals surface area (Å²) in [6.45, 7) is 0.122. The van der Waals surface area contributed by atoms with Gasteiger partial charge in [-0.05, 0) is 18.2 Å². The van der Waals surface area contributed by atoms with Gasteiger partial charge in [0, 0.05) is 19.6 Å². The third-order valence-corrected chi connectivity index (χ3v) is 5.02. The van der Waals surface area contributed by atoms with Crippen molar-refractivity contribution < 1.29 is 36.2 Å². The zero-order valence-electron chi connectivity index (χ0n) is 12.7. The summed E-state index contributed by atoms with van der Waals surface area (Å²) in [7, 11) is -4.14. The van der Waals surface area contributed by atoms with Crippen LogP contribution in [0.5, 0.6) is 0 Å². The van der Waals surface area contributed by atoms with Crippen molar-refractivity contribution in [3.63, 3.8) is 0 Å². The number of rotatable bonds is 7. The largest absolute Gasteiger partial charge is 0.416 e. The van der Waals surface area contributed by atoms with E-state index in [1.807, 2.05) is 0 Å². The normalized spacial score (nSPS) is 22.0. The van der Waals surface area contributed by atoms with Crippen LogP contribution in [0.2, 0.25) is 0 Å². The molecule has 0 bridgehead atoms. The van der Waals surface area contributed by atoms with Crippen LogP contribution in [-0.2, 0) is 25.7 Å². The zero-order chi connectivity index (χ0) is 17.8. The number of benzene rings is 1. The van der Waals surface area contributed by atoms with Crippen molar-refractivity contribution in [1.29, 1.82) is 0 Å². The summed E-state index contributed by atoms with van der Waals surface area (Å²) < 4.78 is 75.6. The van der Waals surface area contributed by atoms with Gasteiger partial charge in [0.05, 0.1) is 30.3 Å². The van der Waals surface area contributed by atoms with Gasteiger partial charge in [0.15, 0.2) is 0 Å². The Morgan fingerprint density at radius 3 is 2.71 bits per heavy atom. The molecule has 0 saturated carbocycles. The maximum atomic E-state index is 12.7. The average Bonchev–Trinajstić information content (AvgIpc) is 3.00. The van der Waals surface area contributed by atoms with Crippen molar-refractivity contribution in [3.8, 4) is 0 Å². The summed E-state index contributed by atoms with van der Waals surface area (Å²) in [5, 5.41) is 8.84. The maximum Gasteiger partial charge on any atom is 0.416 e. The number of halogens is 3. The Labute approximate surface area is 137 Å². The average molecular weight is 369 g/mol. The van der Waals surface area contributed by atoms with Gasteiger partial charge in [-0.25, -0.2) is 13.1 Å². The molecule has 0 amide bonds. The fourth-order valence-corrected chi connectivity index (χ4v) is 3.46. The van der Waals surface area contributed by atoms with Gasteiger partial charge >= 0.3 is 6.18 Å². The van der Waals surface area contributed by atoms with Gasteiger partial charge in [-0.3, -0.25) is 0 Å². The third-order valence-electron chi connectivity index (χ3n) is 3.62. The number of hydrogen-bond donors (Lipinski definition) is 2. The van der Waals surface area contributed by atoms with E-state index in [4.69, 9.17) is 14.6 Å². The first kappa shape index (κ1) is 19.1. The minimum atomic E-state index is -4.63. The second-order valence-electron chi connectivity index (χ2n) is 5.41. The quantitative estimate of drug-likeness (QED) is 0.753. The molecule has 1 atom stereocenters. The summed E-state index contributed by atoms with van der Waals surface area (Å²) >= 11 is 0. The number of aliphatic hydroxyl groups excluding tert-OH is 1. The van der Waals surface area contributed by atoms with Crippen LogP contribution in [0.1, 0.15) is 12.0 Å². The smallest absolute Gasteiger partial charge is 0.394 e. The van der Waals surface area contributed by atoms with E-state index in [1.54, 1.807) is 0 Å². The highest BCUT2D eigenvalue weighted by Crippen LogP contribution is 2.30. The predicted molar refractivity (Wildman–Crippen MR) is 77.8 cm³/mol. The first-order valence-corrected chi connectivity index (χ1v) is 8.66. The van der Waals surface area contributed by atoms with Crippen molar-refractivity contribution in [2.24, 2.45) is 0 Å². The molecule has 1 aliphatic rings. The van der Waals surface area contributed by atoms with Crippen LogP contribution in [0, 0.1) is 0 Å². The maximum absolute atomic E-state index is 12.7. The lowest BCUT2D eigenvalue weighted by Crippen LogP contribution is -2.46. The van der Waals surface area contributed by atoms with Gasteiger partial charge in [-0.2, -0.15) is 13.2 Å². The molecule has 2 rings (SSSR count). The zero-order valence-corrected chi connectivity index (χ0v) is 13.5. The Bertz CT molecular complexity index is 657. The van der Waals surface area contributed by atoms with Gasteiger partial charge in [0.2, 0.25) is 10.0 Å². The van der Waals surface area contributed by atoms with E-state index in [0.717, 1.165) is 18.2 Å². The van der Waals surface area contributed by atoms with E-state index in [2.05, 4.69) is 4.72 Å². The van der Waals surface area contributed by atoms with Crippen LogP contribution in [-0.4, -0.2) is 52.1 Å². The van der Waals surface area contributed by atoms with E-state index in [0.29, 0.717) is 19.1 Å². The highest BCUT2D eigenvalue weighted by molar-refractivity contribution is 7.89. The topological polar surface area (TPSA) is 84.9 Å². The standard InChI is InChI=1S/C14H18F3NO5S/c15-14(16,17)11-2-1-3-12(8-11)24(20,21)18-9-13(23-7-5-19)4-6-22-10-13/h1-3,8,18-19H,4-7,9-10H2. The second-order valence-corrected chi connectivity index (χ2v) is 7.17. The number of aliphatic hydroxyl groups is 1. The Morgan fingerprint density at radius 1 is 1.38 bits per heavy atom. The SMILES string of the molecule is O=S(=O)(NCC1(OCCO)CCOC1)c1cccc(C(F)(F)F)c1. The van der Waals surface area contributed by atoms with E-state index >= 15 is 0 Å². The Kier molecular flexibility index (Phi) is 5.87. The van der Waals surface area contributed by atoms with Crippen LogP contribution in [0.4, 0.5) is 13.2 Å². The van der Waals surface area contributed by atoms with Crippen LogP contribution >= 0.6 is 0 Å². The Balaban J connectivity index is 2.13. The van der Waals surface area contributed by atoms with Crippen molar-refractivity contribution >= 4 is 10.0 Å². The molecular weight excluding hydrogens is 351 g/mol. The molecule has 0 spiro atoms. The number of ether oxygens (including phenoxy) is 2. The molecule has 1 unspecified atom stereocenters. The molecule has 10 heteroatoms. The summed E-state index contributed by atoms with van der Waals surface area (Å²) in [5.74, 6) is 0. The van der Waals surface area contributed by atoms with Crippen LogP contribution in [0.15, 0.2) is 29.2 Å². The summed E-state index contributed by atoms with van der Waals surface area (Å²) in [4.78, 5) is -0.478. The summed E-state index contributed by atoms with van der Waals surface area (Å²) in [6, 6.07) is 3.50. The Hall–Kier alpha value is -1.20. The van der Waals surface area contributed by atoms with Crippen LogP contribution in [0.25, 0.3) is 0 Å². The van der Waals surface area contributed by atoms with Crippen molar-refractivity contribution in [1.82, 2.24) is 4.72 Å². The third kappa shape index (κ3) is 4.67. The number of sulfonamides is 1.